The molecule has 1 unspecified atom stereocenters. The fourth-order valence-electron chi connectivity index (χ4n) is 3.93. The number of rotatable bonds is 13. The van der Waals surface area contributed by atoms with E-state index in [0.717, 1.165) is 22.5 Å². The molecule has 3 aromatic rings. The summed E-state index contributed by atoms with van der Waals surface area (Å²) in [5.41, 5.74) is 3.20. The molecule has 12 heteroatoms. The summed E-state index contributed by atoms with van der Waals surface area (Å²) >= 11 is 0. The summed E-state index contributed by atoms with van der Waals surface area (Å²) in [6.45, 7) is 2.15. The molecule has 9 nitrogen and oxygen atoms in total. The Bertz CT molecular complexity index is 1370. The van der Waals surface area contributed by atoms with Crippen LogP contribution in [0.5, 0.6) is 0 Å². The van der Waals surface area contributed by atoms with Crippen molar-refractivity contribution in [1.82, 2.24) is 15.6 Å². The Morgan fingerprint density at radius 3 is 2.26 bits per heavy atom. The standard InChI is InChI=1S/C30H31F3N4O5/c1-20-14-16-35-25(17-20)34-15-6-5-9-26(38)36-19-27(39)37-24(18-28(40)42-29(41)30(31,32)33)23-12-10-22(11-13-23)21-7-3-2-4-8-21/h2-4,7-8,10-14,16-17,24H,5-6,9,15,18-19H2,1H3,(H,34,35)(H,36,38)(H,37,39). The number of pyridine rings is 1. The highest BCUT2D eigenvalue weighted by molar-refractivity contribution is 5.89. The number of unbranched alkanes of at least 4 members (excludes halogenated alkanes) is 1. The first-order valence-electron chi connectivity index (χ1n) is 13.2. The second-order valence-corrected chi connectivity index (χ2v) is 9.45. The average molecular weight is 585 g/mol. The minimum atomic E-state index is -5.34. The maximum absolute atomic E-state index is 12.6. The number of hydrogen-bond donors (Lipinski definition) is 3. The summed E-state index contributed by atoms with van der Waals surface area (Å²) in [5.74, 6) is -4.41. The molecule has 0 radical (unpaired) electrons. The van der Waals surface area contributed by atoms with Crippen LogP contribution >= 0.6 is 0 Å². The fraction of sp³-hybridized carbons (Fsp3) is 0.300. The smallest absolute Gasteiger partial charge is 0.386 e. The van der Waals surface area contributed by atoms with Gasteiger partial charge in [-0.15, -0.1) is 0 Å². The predicted octanol–water partition coefficient (Wildman–Crippen LogP) is 4.64. The van der Waals surface area contributed by atoms with Crippen LogP contribution in [0.15, 0.2) is 72.9 Å². The van der Waals surface area contributed by atoms with Crippen LogP contribution in [-0.2, 0) is 23.9 Å². The number of nitrogens with one attached hydrogen (secondary N) is 3. The van der Waals surface area contributed by atoms with E-state index in [1.54, 1.807) is 30.5 Å². The number of esters is 2. The van der Waals surface area contributed by atoms with Gasteiger partial charge in [-0.2, -0.15) is 13.2 Å². The third-order valence-electron chi connectivity index (χ3n) is 6.06. The Morgan fingerprint density at radius 1 is 0.905 bits per heavy atom. The first kappa shape index (κ1) is 31.8. The Morgan fingerprint density at radius 2 is 1.60 bits per heavy atom. The summed E-state index contributed by atoms with van der Waals surface area (Å²) in [5, 5.41) is 8.18. The number of anilines is 1. The number of carbonyl (C=O) groups excluding carboxylic acids is 4. The molecule has 0 aliphatic rings. The van der Waals surface area contributed by atoms with E-state index in [1.807, 2.05) is 49.4 Å². The zero-order valence-corrected chi connectivity index (χ0v) is 22.9. The van der Waals surface area contributed by atoms with Crippen LogP contribution < -0.4 is 16.0 Å². The highest BCUT2D eigenvalue weighted by Crippen LogP contribution is 2.24. The molecular weight excluding hydrogens is 553 g/mol. The van der Waals surface area contributed by atoms with Gasteiger partial charge in [-0.25, -0.2) is 9.78 Å². The van der Waals surface area contributed by atoms with Gasteiger partial charge in [-0.1, -0.05) is 54.6 Å². The molecule has 1 aromatic heterocycles. The first-order chi connectivity index (χ1) is 20.0. The molecule has 222 valence electrons. The number of halogens is 3. The number of aryl methyl sites for hydroxylation is 1. The summed E-state index contributed by atoms with van der Waals surface area (Å²) in [7, 11) is 0. The highest BCUT2D eigenvalue weighted by atomic mass is 19.4. The summed E-state index contributed by atoms with van der Waals surface area (Å²) in [6.07, 6.45) is -2.97. The SMILES string of the molecule is Cc1ccnc(NCCCCC(=O)NCC(=O)NC(CC(=O)OC(=O)C(F)(F)F)c2ccc(-c3ccccc3)cc2)c1. The van der Waals surface area contributed by atoms with Gasteiger partial charge in [0, 0.05) is 19.2 Å². The van der Waals surface area contributed by atoms with Gasteiger partial charge in [0.2, 0.25) is 11.8 Å². The molecular formula is C30H31F3N4O5. The van der Waals surface area contributed by atoms with E-state index >= 15 is 0 Å². The Kier molecular flexibility index (Phi) is 11.6. The molecule has 0 saturated carbocycles. The maximum atomic E-state index is 12.6. The molecule has 0 aliphatic heterocycles. The quantitative estimate of drug-likeness (QED) is 0.152. The molecule has 2 aromatic carbocycles. The minimum Gasteiger partial charge on any atom is -0.386 e. The molecule has 2 amide bonds. The van der Waals surface area contributed by atoms with Crippen LogP contribution in [0.2, 0.25) is 0 Å². The van der Waals surface area contributed by atoms with Crippen LogP contribution in [0.3, 0.4) is 0 Å². The van der Waals surface area contributed by atoms with Gasteiger partial charge in [0.05, 0.1) is 19.0 Å². The number of amides is 2. The third kappa shape index (κ3) is 10.7. The number of carbonyl (C=O) groups is 4. The van der Waals surface area contributed by atoms with Crippen molar-refractivity contribution in [1.29, 1.82) is 0 Å². The fourth-order valence-corrected chi connectivity index (χ4v) is 3.93. The summed E-state index contributed by atoms with van der Waals surface area (Å²) in [4.78, 5) is 52.2. The van der Waals surface area contributed by atoms with E-state index in [-0.39, 0.29) is 12.3 Å². The Balaban J connectivity index is 1.53. The van der Waals surface area contributed by atoms with Gasteiger partial charge in [0.1, 0.15) is 5.82 Å². The molecule has 0 bridgehead atoms. The molecule has 42 heavy (non-hydrogen) atoms. The van der Waals surface area contributed by atoms with Gasteiger partial charge >= 0.3 is 18.1 Å². The molecule has 1 atom stereocenters. The lowest BCUT2D eigenvalue weighted by molar-refractivity contribution is -0.202. The van der Waals surface area contributed by atoms with E-state index in [1.165, 1.54) is 0 Å². The average Bonchev–Trinajstić information content (AvgIpc) is 2.95. The van der Waals surface area contributed by atoms with E-state index in [9.17, 15) is 32.3 Å². The minimum absolute atomic E-state index is 0.173. The van der Waals surface area contributed by atoms with Crippen molar-refractivity contribution in [3.8, 4) is 11.1 Å². The number of hydrogen-bond acceptors (Lipinski definition) is 7. The van der Waals surface area contributed by atoms with Crippen molar-refractivity contribution in [3.63, 3.8) is 0 Å². The number of nitrogens with zero attached hydrogens (tertiary/aromatic N) is 1. The van der Waals surface area contributed by atoms with Crippen molar-refractivity contribution in [2.45, 2.75) is 44.8 Å². The lowest BCUT2D eigenvalue weighted by Crippen LogP contribution is -2.39. The molecule has 0 fully saturated rings. The molecule has 3 rings (SSSR count). The van der Waals surface area contributed by atoms with E-state index in [0.29, 0.717) is 24.9 Å². The van der Waals surface area contributed by atoms with E-state index in [2.05, 4.69) is 25.7 Å². The second kappa shape index (κ2) is 15.3. The van der Waals surface area contributed by atoms with Crippen LogP contribution in [0, 0.1) is 6.92 Å². The van der Waals surface area contributed by atoms with E-state index < -0.39 is 43.0 Å². The Hall–Kier alpha value is -4.74. The lowest BCUT2D eigenvalue weighted by Gasteiger charge is -2.19. The first-order valence-corrected chi connectivity index (χ1v) is 13.2. The van der Waals surface area contributed by atoms with Crippen molar-refractivity contribution in [2.75, 3.05) is 18.4 Å². The predicted molar refractivity (Wildman–Crippen MR) is 149 cm³/mol. The number of alkyl halides is 3. The third-order valence-corrected chi connectivity index (χ3v) is 6.06. The highest BCUT2D eigenvalue weighted by Gasteiger charge is 2.42. The topological polar surface area (TPSA) is 126 Å². The van der Waals surface area contributed by atoms with Crippen molar-refractivity contribution in [2.24, 2.45) is 0 Å². The van der Waals surface area contributed by atoms with Crippen molar-refractivity contribution >= 4 is 29.6 Å². The number of aromatic nitrogens is 1. The zero-order chi connectivity index (χ0) is 30.5. The molecule has 1 heterocycles. The Labute approximate surface area is 240 Å². The molecule has 0 spiro atoms. The van der Waals surface area contributed by atoms with Gasteiger partial charge in [-0.3, -0.25) is 14.4 Å². The van der Waals surface area contributed by atoms with Crippen LogP contribution in [-0.4, -0.2) is 48.0 Å². The molecule has 0 aliphatic carbocycles. The van der Waals surface area contributed by atoms with Gasteiger partial charge in [-0.05, 0) is 54.2 Å². The normalized spacial score (nSPS) is 11.7. The van der Waals surface area contributed by atoms with Crippen LogP contribution in [0.4, 0.5) is 19.0 Å². The van der Waals surface area contributed by atoms with Crippen LogP contribution in [0.25, 0.3) is 11.1 Å². The van der Waals surface area contributed by atoms with Crippen molar-refractivity contribution in [3.05, 3.63) is 84.1 Å². The van der Waals surface area contributed by atoms with Gasteiger partial charge in [0.25, 0.3) is 0 Å². The summed E-state index contributed by atoms with van der Waals surface area (Å²) < 4.78 is 41.5. The maximum Gasteiger partial charge on any atom is 0.491 e. The molecule has 0 saturated heterocycles. The second-order valence-electron chi connectivity index (χ2n) is 9.45. The van der Waals surface area contributed by atoms with E-state index in [4.69, 9.17) is 0 Å². The summed E-state index contributed by atoms with van der Waals surface area (Å²) in [6, 6.07) is 18.7. The van der Waals surface area contributed by atoms with Gasteiger partial charge < -0.3 is 20.7 Å². The largest absolute Gasteiger partial charge is 0.491 e. The monoisotopic (exact) mass is 584 g/mol. The van der Waals surface area contributed by atoms with Crippen LogP contribution in [0.1, 0.15) is 42.9 Å². The van der Waals surface area contributed by atoms with Crippen molar-refractivity contribution < 1.29 is 37.1 Å². The van der Waals surface area contributed by atoms with Gasteiger partial charge in [0.15, 0.2) is 0 Å². The zero-order valence-electron chi connectivity index (χ0n) is 22.9. The lowest BCUT2D eigenvalue weighted by atomic mass is 9.99. The molecule has 3 N–H and O–H groups in total. The number of benzene rings is 2. The number of ether oxygens (including phenoxy) is 1.